The molecule has 0 aliphatic rings. The van der Waals surface area contributed by atoms with Gasteiger partial charge in [0.15, 0.2) is 0 Å². The van der Waals surface area contributed by atoms with E-state index in [4.69, 9.17) is 5.11 Å². The van der Waals surface area contributed by atoms with Gasteiger partial charge in [-0.3, -0.25) is 9.59 Å². The van der Waals surface area contributed by atoms with E-state index < -0.39 is 0 Å². The zero-order chi connectivity index (χ0) is 29.8. The lowest BCUT2D eigenvalue weighted by Gasteiger charge is -2.06. The maximum atomic E-state index is 12.0. The molecule has 2 N–H and O–H groups in total. The number of rotatable bonds is 31. The average Bonchev–Trinajstić information content (AvgIpc) is 2.95. The van der Waals surface area contributed by atoms with Crippen LogP contribution in [0.4, 0.5) is 0 Å². The summed E-state index contributed by atoms with van der Waals surface area (Å²) in [6.07, 6.45) is 37.4. The molecule has 4 nitrogen and oxygen atoms in total. The number of ketones is 1. The van der Waals surface area contributed by atoms with Crippen molar-refractivity contribution in [1.82, 2.24) is 5.32 Å². The Morgan fingerprint density at radius 1 is 0.425 bits per heavy atom. The largest absolute Gasteiger partial charge is 0.397 e. The first-order valence-corrected chi connectivity index (χ1v) is 18.1. The summed E-state index contributed by atoms with van der Waals surface area (Å²) in [5.41, 5.74) is 0. The van der Waals surface area contributed by atoms with Crippen molar-refractivity contribution in [1.29, 1.82) is 0 Å². The zero-order valence-electron chi connectivity index (χ0n) is 27.7. The van der Waals surface area contributed by atoms with E-state index in [0.29, 0.717) is 13.0 Å². The lowest BCUT2D eigenvalue weighted by atomic mass is 10.0. The van der Waals surface area contributed by atoms with Crippen molar-refractivity contribution in [3.8, 4) is 0 Å². The second-order valence-electron chi connectivity index (χ2n) is 11.9. The molecule has 0 spiro atoms. The number of amides is 1. The molecule has 0 aliphatic carbocycles. The molecule has 0 bridgehead atoms. The van der Waals surface area contributed by atoms with Crippen LogP contribution in [0.3, 0.4) is 0 Å². The number of carbonyl (C=O) groups excluding carboxylic acids is 2. The summed E-state index contributed by atoms with van der Waals surface area (Å²) in [6, 6.07) is 0. The molecule has 0 aliphatic heterocycles. The SMILES string of the molecule is CCCCCCCCCCCCCCCCNC(=O)C(=O)CCCCCCCCCCCCCCCC.CCO. The zero-order valence-corrected chi connectivity index (χ0v) is 27.7. The smallest absolute Gasteiger partial charge is 0.287 e. The topological polar surface area (TPSA) is 66.4 Å². The Balaban J connectivity index is 0. The minimum absolute atomic E-state index is 0.218. The molecule has 0 fully saturated rings. The van der Waals surface area contributed by atoms with E-state index in [0.717, 1.165) is 25.7 Å². The van der Waals surface area contributed by atoms with Gasteiger partial charge >= 0.3 is 0 Å². The number of hydrogen-bond donors (Lipinski definition) is 2. The van der Waals surface area contributed by atoms with Gasteiger partial charge in [-0.05, 0) is 19.8 Å². The maximum Gasteiger partial charge on any atom is 0.287 e. The van der Waals surface area contributed by atoms with Gasteiger partial charge in [0.05, 0.1) is 0 Å². The summed E-state index contributed by atoms with van der Waals surface area (Å²) >= 11 is 0. The van der Waals surface area contributed by atoms with E-state index in [1.807, 2.05) is 0 Å². The summed E-state index contributed by atoms with van der Waals surface area (Å²) < 4.78 is 0. The summed E-state index contributed by atoms with van der Waals surface area (Å²) in [5, 5.41) is 10.4. The minimum atomic E-state index is -0.357. The second-order valence-corrected chi connectivity index (χ2v) is 11.9. The predicted octanol–water partition coefficient (Wildman–Crippen LogP) is 11.0. The average molecular weight is 568 g/mol. The van der Waals surface area contributed by atoms with Crippen LogP contribution in [0.2, 0.25) is 0 Å². The van der Waals surface area contributed by atoms with E-state index in [1.54, 1.807) is 6.92 Å². The van der Waals surface area contributed by atoms with Crippen LogP contribution in [0.15, 0.2) is 0 Å². The second kappa shape index (κ2) is 38.1. The fourth-order valence-electron chi connectivity index (χ4n) is 5.21. The normalized spacial score (nSPS) is 10.8. The van der Waals surface area contributed by atoms with Crippen LogP contribution >= 0.6 is 0 Å². The van der Waals surface area contributed by atoms with Crippen molar-refractivity contribution in [2.75, 3.05) is 13.2 Å². The number of nitrogens with one attached hydrogen (secondary N) is 1. The quantitative estimate of drug-likeness (QED) is 0.0646. The van der Waals surface area contributed by atoms with Crippen LogP contribution in [0.1, 0.15) is 207 Å². The Kier molecular flexibility index (Phi) is 39.3. The first kappa shape index (κ1) is 41.2. The summed E-state index contributed by atoms with van der Waals surface area (Å²) in [6.45, 7) is 7.14. The highest BCUT2D eigenvalue weighted by atomic mass is 16.2. The van der Waals surface area contributed by atoms with Gasteiger partial charge in [-0.15, -0.1) is 0 Å². The Bertz CT molecular complexity index is 494. The molecule has 0 heterocycles. The van der Waals surface area contributed by atoms with E-state index in [-0.39, 0.29) is 18.3 Å². The van der Waals surface area contributed by atoms with Crippen molar-refractivity contribution in [3.05, 3.63) is 0 Å². The van der Waals surface area contributed by atoms with E-state index >= 15 is 0 Å². The number of hydrogen-bond acceptors (Lipinski definition) is 3. The van der Waals surface area contributed by atoms with Crippen molar-refractivity contribution >= 4 is 11.7 Å². The Morgan fingerprint density at radius 2 is 0.675 bits per heavy atom. The molecule has 0 saturated heterocycles. The van der Waals surface area contributed by atoms with Crippen LogP contribution < -0.4 is 5.32 Å². The van der Waals surface area contributed by atoms with Crippen molar-refractivity contribution in [2.24, 2.45) is 0 Å². The van der Waals surface area contributed by atoms with Crippen molar-refractivity contribution in [3.63, 3.8) is 0 Å². The molecule has 0 aromatic heterocycles. The first-order chi connectivity index (χ1) is 19.6. The third-order valence-electron chi connectivity index (χ3n) is 7.83. The number of carbonyl (C=O) groups is 2. The molecule has 0 unspecified atom stereocenters. The summed E-state index contributed by atoms with van der Waals surface area (Å²) in [7, 11) is 0. The van der Waals surface area contributed by atoms with E-state index in [1.165, 1.54) is 154 Å². The first-order valence-electron chi connectivity index (χ1n) is 18.1. The Morgan fingerprint density at radius 3 is 0.975 bits per heavy atom. The lowest BCUT2D eigenvalue weighted by Crippen LogP contribution is -2.31. The van der Waals surface area contributed by atoms with E-state index in [9.17, 15) is 9.59 Å². The number of Topliss-reactive ketones (excluding diaryl/α,β-unsaturated/α-hetero) is 1. The Labute approximate surface area is 251 Å². The third kappa shape index (κ3) is 37.1. The third-order valence-corrected chi connectivity index (χ3v) is 7.83. The highest BCUT2D eigenvalue weighted by Crippen LogP contribution is 2.14. The number of aliphatic hydroxyl groups excluding tert-OH is 1. The predicted molar refractivity (Wildman–Crippen MR) is 176 cm³/mol. The molecule has 0 rings (SSSR count). The van der Waals surface area contributed by atoms with Gasteiger partial charge in [-0.1, -0.05) is 181 Å². The van der Waals surface area contributed by atoms with Crippen LogP contribution in [-0.4, -0.2) is 29.9 Å². The van der Waals surface area contributed by atoms with Crippen molar-refractivity contribution in [2.45, 2.75) is 207 Å². The van der Waals surface area contributed by atoms with Gasteiger partial charge in [-0.25, -0.2) is 0 Å². The highest BCUT2D eigenvalue weighted by molar-refractivity contribution is 6.36. The molecular weight excluding hydrogens is 494 g/mol. The molecule has 240 valence electrons. The van der Waals surface area contributed by atoms with Gasteiger partial charge in [-0.2, -0.15) is 0 Å². The molecular formula is C36H73NO3. The molecule has 0 aromatic carbocycles. The molecule has 1 amide bonds. The van der Waals surface area contributed by atoms with Crippen molar-refractivity contribution < 1.29 is 14.7 Å². The van der Waals surface area contributed by atoms with Crippen LogP contribution in [-0.2, 0) is 9.59 Å². The van der Waals surface area contributed by atoms with Crippen LogP contribution in [0, 0.1) is 0 Å². The lowest BCUT2D eigenvalue weighted by molar-refractivity contribution is -0.138. The number of unbranched alkanes of at least 4 members (excludes halogenated alkanes) is 26. The molecule has 4 heteroatoms. The van der Waals surface area contributed by atoms with Gasteiger partial charge < -0.3 is 10.4 Å². The maximum absolute atomic E-state index is 12.0. The monoisotopic (exact) mass is 568 g/mol. The Hall–Kier alpha value is -0.900. The van der Waals surface area contributed by atoms with Crippen LogP contribution in [0.25, 0.3) is 0 Å². The summed E-state index contributed by atoms with van der Waals surface area (Å²) in [5.74, 6) is -0.575. The molecule has 40 heavy (non-hydrogen) atoms. The van der Waals surface area contributed by atoms with Gasteiger partial charge in [0.1, 0.15) is 0 Å². The van der Waals surface area contributed by atoms with Gasteiger partial charge in [0.25, 0.3) is 5.91 Å². The standard InChI is InChI=1S/C34H67NO2.C2H6O/c1-3-5-7-9-11-13-15-17-19-21-23-25-27-29-31-33(36)34(37)35-32-30-28-26-24-22-20-18-16-14-12-10-8-6-4-2;1-2-3/h3-32H2,1-2H3,(H,35,37);3H,2H2,1H3. The fourth-order valence-corrected chi connectivity index (χ4v) is 5.21. The molecule has 0 aromatic rings. The minimum Gasteiger partial charge on any atom is -0.397 e. The molecule has 0 atom stereocenters. The molecule has 0 saturated carbocycles. The number of aliphatic hydroxyl groups is 1. The fraction of sp³-hybridized carbons (Fsp3) is 0.944. The van der Waals surface area contributed by atoms with Gasteiger partial charge in [0.2, 0.25) is 5.78 Å². The summed E-state index contributed by atoms with van der Waals surface area (Å²) in [4.78, 5) is 24.0. The highest BCUT2D eigenvalue weighted by Gasteiger charge is 2.11. The van der Waals surface area contributed by atoms with Crippen LogP contribution in [0.5, 0.6) is 0 Å². The van der Waals surface area contributed by atoms with E-state index in [2.05, 4.69) is 19.2 Å². The van der Waals surface area contributed by atoms with Gasteiger partial charge in [0, 0.05) is 19.6 Å². The molecule has 0 radical (unpaired) electrons.